The van der Waals surface area contributed by atoms with Crippen LogP contribution in [0.2, 0.25) is 0 Å². The van der Waals surface area contributed by atoms with Gasteiger partial charge in [0, 0.05) is 5.41 Å². The lowest BCUT2D eigenvalue weighted by atomic mass is 9.76. The average molecular weight is 208 g/mol. The van der Waals surface area contributed by atoms with Crippen molar-refractivity contribution in [2.45, 2.75) is 32.6 Å². The Bertz CT molecular complexity index is 304. The normalized spacial score (nSPS) is 31.9. The van der Waals surface area contributed by atoms with Crippen LogP contribution in [0.1, 0.15) is 31.7 Å². The number of carbonyl (C=O) groups excluding carboxylic acids is 1. The smallest absolute Gasteiger partial charge is 0.126 e. The Hall–Kier alpha value is -0.630. The topological polar surface area (TPSA) is 17.1 Å². The van der Waals surface area contributed by atoms with Crippen molar-refractivity contribution in [3.8, 4) is 0 Å². The second-order valence-corrected chi connectivity index (χ2v) is 5.23. The van der Waals surface area contributed by atoms with Gasteiger partial charge in [-0.15, -0.1) is 0 Å². The summed E-state index contributed by atoms with van der Waals surface area (Å²) in [7, 11) is 0. The molecule has 0 aromatic carbocycles. The molecular weight excluding hydrogens is 192 g/mol. The molecule has 0 saturated heterocycles. The number of aldehydes is 1. The van der Waals surface area contributed by atoms with Crippen molar-refractivity contribution in [3.63, 3.8) is 0 Å². The molecule has 0 bridgehead atoms. The van der Waals surface area contributed by atoms with Gasteiger partial charge in [0.15, 0.2) is 0 Å². The number of hydrogen-bond donors (Lipinski definition) is 0. The summed E-state index contributed by atoms with van der Waals surface area (Å²) in [5.41, 5.74) is 1.28. The highest BCUT2D eigenvalue weighted by atomic mass is 32.1. The van der Waals surface area contributed by atoms with Crippen LogP contribution < -0.4 is 0 Å². The van der Waals surface area contributed by atoms with Gasteiger partial charge in [0.25, 0.3) is 0 Å². The number of carbonyl (C=O) groups is 1. The zero-order chi connectivity index (χ0) is 10.0. The van der Waals surface area contributed by atoms with Crippen molar-refractivity contribution in [2.24, 2.45) is 11.3 Å². The minimum atomic E-state index is -0.0545. The summed E-state index contributed by atoms with van der Waals surface area (Å²) >= 11 is 1.72. The first-order valence-corrected chi connectivity index (χ1v) is 6.18. The van der Waals surface area contributed by atoms with E-state index in [2.05, 4.69) is 23.8 Å². The van der Waals surface area contributed by atoms with Crippen molar-refractivity contribution in [1.82, 2.24) is 0 Å². The highest BCUT2D eigenvalue weighted by Crippen LogP contribution is 2.44. The lowest BCUT2D eigenvalue weighted by Gasteiger charge is -2.26. The van der Waals surface area contributed by atoms with Gasteiger partial charge < -0.3 is 4.79 Å². The molecule has 0 aliphatic heterocycles. The first kappa shape index (κ1) is 9.91. The predicted molar refractivity (Wildman–Crippen MR) is 59.5 cm³/mol. The predicted octanol–water partition coefficient (Wildman–Crippen LogP) is 3.30. The highest BCUT2D eigenvalue weighted by Gasteiger charge is 2.39. The van der Waals surface area contributed by atoms with Gasteiger partial charge in [0.1, 0.15) is 6.29 Å². The maximum Gasteiger partial charge on any atom is 0.126 e. The van der Waals surface area contributed by atoms with Gasteiger partial charge in [-0.3, -0.25) is 0 Å². The number of thiophene rings is 1. The van der Waals surface area contributed by atoms with Crippen molar-refractivity contribution in [2.75, 3.05) is 0 Å². The molecule has 0 N–H and O–H groups in total. The summed E-state index contributed by atoms with van der Waals surface area (Å²) in [5, 5.41) is 4.25. The van der Waals surface area contributed by atoms with Gasteiger partial charge in [-0.05, 0) is 47.6 Å². The monoisotopic (exact) mass is 208 g/mol. The van der Waals surface area contributed by atoms with E-state index < -0.39 is 0 Å². The third-order valence-corrected chi connectivity index (χ3v) is 4.34. The fraction of sp³-hybridized carbons (Fsp3) is 0.583. The third-order valence-electron chi connectivity index (χ3n) is 3.61. The number of hydrogen-bond acceptors (Lipinski definition) is 2. The standard InChI is InChI=1S/C12H16OS/c1-10-3-2-5-12(10,9-13)7-11-4-6-14-8-11/h4,6,8-10H,2-3,5,7H2,1H3. The lowest BCUT2D eigenvalue weighted by Crippen LogP contribution is -2.28. The Balaban J connectivity index is 2.17. The Morgan fingerprint density at radius 3 is 3.07 bits per heavy atom. The van der Waals surface area contributed by atoms with Gasteiger partial charge in [-0.25, -0.2) is 0 Å². The Morgan fingerprint density at radius 1 is 1.71 bits per heavy atom. The molecule has 1 aromatic heterocycles. The van der Waals surface area contributed by atoms with Crippen LogP contribution >= 0.6 is 11.3 Å². The van der Waals surface area contributed by atoms with Crippen LogP contribution in [0.3, 0.4) is 0 Å². The fourth-order valence-electron chi connectivity index (χ4n) is 2.52. The molecule has 0 spiro atoms. The van der Waals surface area contributed by atoms with Gasteiger partial charge in [0.2, 0.25) is 0 Å². The zero-order valence-corrected chi connectivity index (χ0v) is 9.35. The van der Waals surface area contributed by atoms with E-state index in [1.807, 2.05) is 0 Å². The molecule has 2 unspecified atom stereocenters. The first-order chi connectivity index (χ1) is 6.77. The minimum Gasteiger partial charge on any atom is -0.303 e. The summed E-state index contributed by atoms with van der Waals surface area (Å²) in [5.74, 6) is 0.555. The zero-order valence-electron chi connectivity index (χ0n) is 8.53. The molecule has 2 atom stereocenters. The molecule has 0 radical (unpaired) electrons. The Morgan fingerprint density at radius 2 is 2.57 bits per heavy atom. The molecule has 2 heteroatoms. The molecule has 1 saturated carbocycles. The maximum absolute atomic E-state index is 11.3. The lowest BCUT2D eigenvalue weighted by molar-refractivity contribution is -0.117. The first-order valence-electron chi connectivity index (χ1n) is 5.24. The van der Waals surface area contributed by atoms with Gasteiger partial charge >= 0.3 is 0 Å². The van der Waals surface area contributed by atoms with Crippen molar-refractivity contribution < 1.29 is 4.79 Å². The van der Waals surface area contributed by atoms with Crippen LogP contribution in [0.15, 0.2) is 16.8 Å². The quantitative estimate of drug-likeness (QED) is 0.697. The largest absolute Gasteiger partial charge is 0.303 e. The molecule has 1 heterocycles. The van der Waals surface area contributed by atoms with Crippen LogP contribution in [0.4, 0.5) is 0 Å². The van der Waals surface area contributed by atoms with E-state index in [1.165, 1.54) is 24.7 Å². The summed E-state index contributed by atoms with van der Waals surface area (Å²) in [6.07, 6.45) is 5.66. The third kappa shape index (κ3) is 1.63. The molecule has 1 aromatic rings. The van der Waals surface area contributed by atoms with Gasteiger partial charge in [-0.2, -0.15) is 11.3 Å². The van der Waals surface area contributed by atoms with E-state index >= 15 is 0 Å². The van der Waals surface area contributed by atoms with E-state index in [-0.39, 0.29) is 5.41 Å². The molecule has 1 aliphatic rings. The molecule has 0 amide bonds. The van der Waals surface area contributed by atoms with Crippen LogP contribution in [0.5, 0.6) is 0 Å². The van der Waals surface area contributed by atoms with E-state index in [4.69, 9.17) is 0 Å². The van der Waals surface area contributed by atoms with Crippen LogP contribution in [-0.2, 0) is 11.2 Å². The molecule has 14 heavy (non-hydrogen) atoms. The van der Waals surface area contributed by atoms with Gasteiger partial charge in [-0.1, -0.05) is 13.3 Å². The Labute approximate surface area is 89.1 Å². The number of rotatable bonds is 3. The van der Waals surface area contributed by atoms with Crippen LogP contribution in [0.25, 0.3) is 0 Å². The van der Waals surface area contributed by atoms with Crippen LogP contribution in [-0.4, -0.2) is 6.29 Å². The highest BCUT2D eigenvalue weighted by molar-refractivity contribution is 7.07. The summed E-state index contributed by atoms with van der Waals surface area (Å²) in [6.45, 7) is 2.22. The maximum atomic E-state index is 11.3. The molecule has 76 valence electrons. The van der Waals surface area contributed by atoms with E-state index in [0.29, 0.717) is 5.92 Å². The van der Waals surface area contributed by atoms with Crippen molar-refractivity contribution in [1.29, 1.82) is 0 Å². The molecule has 1 aliphatic carbocycles. The van der Waals surface area contributed by atoms with Crippen LogP contribution in [0, 0.1) is 11.3 Å². The van der Waals surface area contributed by atoms with E-state index in [0.717, 1.165) is 12.8 Å². The molecule has 1 fully saturated rings. The second-order valence-electron chi connectivity index (χ2n) is 4.45. The minimum absolute atomic E-state index is 0.0545. The average Bonchev–Trinajstić information content (AvgIpc) is 2.79. The van der Waals surface area contributed by atoms with Crippen molar-refractivity contribution in [3.05, 3.63) is 22.4 Å². The molecule has 1 nitrogen and oxygen atoms in total. The molecule has 2 rings (SSSR count). The van der Waals surface area contributed by atoms with E-state index in [9.17, 15) is 4.79 Å². The Kier molecular flexibility index (Phi) is 2.73. The molecular formula is C12H16OS. The SMILES string of the molecule is CC1CCCC1(C=O)Cc1ccsc1. The van der Waals surface area contributed by atoms with E-state index in [1.54, 1.807) is 11.3 Å². The van der Waals surface area contributed by atoms with Gasteiger partial charge in [0.05, 0.1) is 0 Å². The second kappa shape index (κ2) is 3.85. The summed E-state index contributed by atoms with van der Waals surface area (Å²) in [6, 6.07) is 2.14. The van der Waals surface area contributed by atoms with Crippen molar-refractivity contribution >= 4 is 17.6 Å². The fourth-order valence-corrected chi connectivity index (χ4v) is 3.19. The summed E-state index contributed by atoms with van der Waals surface area (Å²) in [4.78, 5) is 11.3. The summed E-state index contributed by atoms with van der Waals surface area (Å²) < 4.78 is 0.